The van der Waals surface area contributed by atoms with Gasteiger partial charge in [-0.25, -0.2) is 4.79 Å². The van der Waals surface area contributed by atoms with Crippen molar-refractivity contribution in [1.82, 2.24) is 5.32 Å². The lowest BCUT2D eigenvalue weighted by molar-refractivity contribution is -0.138. The zero-order valence-corrected chi connectivity index (χ0v) is 10.8. The van der Waals surface area contributed by atoms with Gasteiger partial charge in [0.05, 0.1) is 0 Å². The molecule has 0 saturated carbocycles. The molecular weight excluding hydrogens is 274 g/mol. The van der Waals surface area contributed by atoms with Crippen LogP contribution in [0, 0.1) is 6.92 Å². The van der Waals surface area contributed by atoms with E-state index in [1.54, 1.807) is 19.1 Å². The highest BCUT2D eigenvalue weighted by atomic mass is 32.2. The molecule has 8 heteroatoms. The molecule has 0 aliphatic heterocycles. The third-order valence-electron chi connectivity index (χ3n) is 2.26. The molecule has 0 spiro atoms. The Hall–Kier alpha value is -1.93. The van der Waals surface area contributed by atoms with Crippen LogP contribution in [0.4, 0.5) is 0 Å². The van der Waals surface area contributed by atoms with Crippen molar-refractivity contribution >= 4 is 22.0 Å². The van der Waals surface area contributed by atoms with Crippen LogP contribution in [0.3, 0.4) is 0 Å². The molecule has 0 unspecified atom stereocenters. The van der Waals surface area contributed by atoms with Crippen molar-refractivity contribution in [3.05, 3.63) is 35.4 Å². The van der Waals surface area contributed by atoms with Crippen molar-refractivity contribution in [1.29, 1.82) is 0 Å². The molecule has 104 valence electrons. The van der Waals surface area contributed by atoms with Crippen LogP contribution >= 0.6 is 0 Å². The first-order valence-corrected chi connectivity index (χ1v) is 6.85. The summed E-state index contributed by atoms with van der Waals surface area (Å²) in [4.78, 5) is 22.6. The number of amides is 1. The predicted octanol–water partition coefficient (Wildman–Crippen LogP) is 0.0658. The number of carboxylic acid groups (broad SMARTS) is 1. The highest BCUT2D eigenvalue weighted by Crippen LogP contribution is 2.04. The molecule has 0 aromatic heterocycles. The monoisotopic (exact) mass is 287 g/mol. The minimum absolute atomic E-state index is 0.210. The highest BCUT2D eigenvalue weighted by molar-refractivity contribution is 7.85. The molecule has 0 aliphatic rings. The summed E-state index contributed by atoms with van der Waals surface area (Å²) in [5, 5.41) is 10.8. The summed E-state index contributed by atoms with van der Waals surface area (Å²) in [6, 6.07) is 4.66. The van der Waals surface area contributed by atoms with Crippen molar-refractivity contribution in [2.45, 2.75) is 13.0 Å². The lowest BCUT2D eigenvalue weighted by Crippen LogP contribution is -2.45. The first-order valence-electron chi connectivity index (χ1n) is 5.24. The Morgan fingerprint density at radius 3 is 2.47 bits per heavy atom. The van der Waals surface area contributed by atoms with E-state index in [1.165, 1.54) is 12.1 Å². The SMILES string of the molecule is Cc1cccc(C(=O)N[C@@H](CS(=O)(=O)O)C(=O)O)c1. The van der Waals surface area contributed by atoms with Crippen LogP contribution in [0.5, 0.6) is 0 Å². The third kappa shape index (κ3) is 5.06. The van der Waals surface area contributed by atoms with Crippen LogP contribution in [0.25, 0.3) is 0 Å². The number of nitrogens with one attached hydrogen (secondary N) is 1. The zero-order valence-electron chi connectivity index (χ0n) is 10.0. The van der Waals surface area contributed by atoms with Crippen LogP contribution in [-0.2, 0) is 14.9 Å². The fourth-order valence-corrected chi connectivity index (χ4v) is 2.06. The summed E-state index contributed by atoms with van der Waals surface area (Å²) in [6.07, 6.45) is 0. The van der Waals surface area contributed by atoms with Gasteiger partial charge in [-0.05, 0) is 19.1 Å². The molecule has 1 aromatic carbocycles. The van der Waals surface area contributed by atoms with Crippen LogP contribution in [0.1, 0.15) is 15.9 Å². The molecule has 1 atom stereocenters. The first-order chi connectivity index (χ1) is 8.69. The number of hydrogen-bond donors (Lipinski definition) is 3. The average Bonchev–Trinajstić information content (AvgIpc) is 2.26. The summed E-state index contributed by atoms with van der Waals surface area (Å²) in [7, 11) is -4.50. The molecule has 1 rings (SSSR count). The van der Waals surface area contributed by atoms with E-state index in [0.717, 1.165) is 5.56 Å². The van der Waals surface area contributed by atoms with Gasteiger partial charge in [0, 0.05) is 5.56 Å². The molecule has 3 N–H and O–H groups in total. The Balaban J connectivity index is 2.86. The Morgan fingerprint density at radius 1 is 1.37 bits per heavy atom. The molecule has 7 nitrogen and oxygen atoms in total. The molecule has 0 fully saturated rings. The Kier molecular flexibility index (Phi) is 4.62. The van der Waals surface area contributed by atoms with E-state index in [9.17, 15) is 18.0 Å². The highest BCUT2D eigenvalue weighted by Gasteiger charge is 2.26. The van der Waals surface area contributed by atoms with Crippen molar-refractivity contribution < 1.29 is 27.7 Å². The van der Waals surface area contributed by atoms with Crippen molar-refractivity contribution in [2.24, 2.45) is 0 Å². The number of carboxylic acids is 1. The summed E-state index contributed by atoms with van der Waals surface area (Å²) < 4.78 is 29.9. The number of hydrogen-bond acceptors (Lipinski definition) is 4. The zero-order chi connectivity index (χ0) is 14.6. The minimum atomic E-state index is -4.50. The maximum atomic E-state index is 11.7. The second kappa shape index (κ2) is 5.81. The Bertz CT molecular complexity index is 595. The number of rotatable bonds is 5. The summed E-state index contributed by atoms with van der Waals surface area (Å²) in [5.74, 6) is -3.35. The topological polar surface area (TPSA) is 121 Å². The molecule has 0 radical (unpaired) electrons. The molecular formula is C11H13NO6S. The Labute approximate surface area is 110 Å². The number of benzene rings is 1. The predicted molar refractivity (Wildman–Crippen MR) is 66.5 cm³/mol. The van der Waals surface area contributed by atoms with E-state index < -0.39 is 33.8 Å². The standard InChI is InChI=1S/C11H13NO6S/c1-7-3-2-4-8(5-7)10(13)12-9(11(14)15)6-19(16,17)18/h2-5,9H,6H2,1H3,(H,12,13)(H,14,15)(H,16,17,18)/t9-/m0/s1. The average molecular weight is 287 g/mol. The maximum Gasteiger partial charge on any atom is 0.327 e. The lowest BCUT2D eigenvalue weighted by atomic mass is 10.1. The van der Waals surface area contributed by atoms with Gasteiger partial charge < -0.3 is 10.4 Å². The van der Waals surface area contributed by atoms with E-state index in [0.29, 0.717) is 0 Å². The van der Waals surface area contributed by atoms with Crippen molar-refractivity contribution in [2.75, 3.05) is 5.75 Å². The molecule has 1 amide bonds. The van der Waals surface area contributed by atoms with Crippen LogP contribution < -0.4 is 5.32 Å². The number of carbonyl (C=O) groups is 2. The smallest absolute Gasteiger partial charge is 0.327 e. The summed E-state index contributed by atoms with van der Waals surface area (Å²) in [6.45, 7) is 1.75. The molecule has 0 bridgehead atoms. The molecule has 0 aliphatic carbocycles. The Morgan fingerprint density at radius 2 is 2.00 bits per heavy atom. The van der Waals surface area contributed by atoms with E-state index in [2.05, 4.69) is 0 Å². The van der Waals surface area contributed by atoms with Gasteiger partial charge in [0.1, 0.15) is 11.8 Å². The maximum absolute atomic E-state index is 11.7. The second-order valence-electron chi connectivity index (χ2n) is 3.98. The van der Waals surface area contributed by atoms with Crippen LogP contribution in [0.15, 0.2) is 24.3 Å². The molecule has 0 saturated heterocycles. The number of aryl methyl sites for hydroxylation is 1. The fraction of sp³-hybridized carbons (Fsp3) is 0.273. The summed E-state index contributed by atoms with van der Waals surface area (Å²) >= 11 is 0. The van der Waals surface area contributed by atoms with E-state index in [-0.39, 0.29) is 5.56 Å². The number of aliphatic carboxylic acids is 1. The largest absolute Gasteiger partial charge is 0.480 e. The van der Waals surface area contributed by atoms with Gasteiger partial charge in [-0.15, -0.1) is 0 Å². The van der Waals surface area contributed by atoms with E-state index in [1.807, 2.05) is 5.32 Å². The normalized spacial score (nSPS) is 12.7. The second-order valence-corrected chi connectivity index (χ2v) is 5.48. The van der Waals surface area contributed by atoms with Gasteiger partial charge in [0.15, 0.2) is 0 Å². The van der Waals surface area contributed by atoms with Gasteiger partial charge in [-0.1, -0.05) is 17.7 Å². The third-order valence-corrected chi connectivity index (χ3v) is 3.02. The van der Waals surface area contributed by atoms with Crippen LogP contribution in [0.2, 0.25) is 0 Å². The lowest BCUT2D eigenvalue weighted by Gasteiger charge is -2.13. The minimum Gasteiger partial charge on any atom is -0.480 e. The molecule has 1 aromatic rings. The van der Waals surface area contributed by atoms with Gasteiger partial charge in [-0.2, -0.15) is 8.42 Å². The fourth-order valence-electron chi connectivity index (χ4n) is 1.41. The quantitative estimate of drug-likeness (QED) is 0.659. The van der Waals surface area contributed by atoms with Gasteiger partial charge in [0.25, 0.3) is 16.0 Å². The van der Waals surface area contributed by atoms with Crippen molar-refractivity contribution in [3.63, 3.8) is 0 Å². The first kappa shape index (κ1) is 15.1. The van der Waals surface area contributed by atoms with Gasteiger partial charge in [0.2, 0.25) is 0 Å². The van der Waals surface area contributed by atoms with Crippen LogP contribution in [-0.4, -0.2) is 41.7 Å². The van der Waals surface area contributed by atoms with Crippen molar-refractivity contribution in [3.8, 4) is 0 Å². The summed E-state index contributed by atoms with van der Waals surface area (Å²) in [5.41, 5.74) is 1.01. The van der Waals surface area contributed by atoms with E-state index in [4.69, 9.17) is 9.66 Å². The van der Waals surface area contributed by atoms with E-state index >= 15 is 0 Å². The van der Waals surface area contributed by atoms with Gasteiger partial charge >= 0.3 is 5.97 Å². The molecule has 19 heavy (non-hydrogen) atoms. The molecule has 0 heterocycles. The van der Waals surface area contributed by atoms with Gasteiger partial charge in [-0.3, -0.25) is 9.35 Å². The number of carbonyl (C=O) groups excluding carboxylic acids is 1.